The van der Waals surface area contributed by atoms with Gasteiger partial charge < -0.3 is 5.11 Å². The highest BCUT2D eigenvalue weighted by Crippen LogP contribution is 2.40. The van der Waals surface area contributed by atoms with E-state index in [0.29, 0.717) is 6.04 Å². The first kappa shape index (κ1) is 7.74. The highest BCUT2D eigenvalue weighted by Gasteiger charge is 2.30. The zero-order valence-corrected chi connectivity index (χ0v) is 8.18. The van der Waals surface area contributed by atoms with Crippen LogP contribution in [0.5, 0.6) is 5.88 Å². The van der Waals surface area contributed by atoms with E-state index in [-0.39, 0.29) is 5.88 Å². The number of aromatic nitrogens is 2. The van der Waals surface area contributed by atoms with Crippen LogP contribution >= 0.6 is 11.8 Å². The number of aromatic hydroxyl groups is 1. The second-order valence-corrected chi connectivity index (χ2v) is 4.83. The first-order chi connectivity index (χ1) is 6.36. The van der Waals surface area contributed by atoms with Gasteiger partial charge in [-0.1, -0.05) is 0 Å². The van der Waals surface area contributed by atoms with Gasteiger partial charge in [-0.2, -0.15) is 11.8 Å². The van der Waals surface area contributed by atoms with E-state index in [1.807, 2.05) is 11.8 Å². The van der Waals surface area contributed by atoms with Crippen molar-refractivity contribution in [3.63, 3.8) is 0 Å². The van der Waals surface area contributed by atoms with Crippen LogP contribution in [-0.4, -0.2) is 20.6 Å². The molecule has 3 rings (SSSR count). The van der Waals surface area contributed by atoms with Gasteiger partial charge >= 0.3 is 0 Å². The fraction of sp³-hybridized carbons (Fsp3) is 0.667. The molecule has 3 nitrogen and oxygen atoms in total. The minimum Gasteiger partial charge on any atom is -0.492 e. The zero-order valence-electron chi connectivity index (χ0n) is 7.36. The van der Waals surface area contributed by atoms with Gasteiger partial charge in [0, 0.05) is 17.0 Å². The van der Waals surface area contributed by atoms with Gasteiger partial charge in [-0.25, -0.2) is 0 Å². The van der Waals surface area contributed by atoms with Gasteiger partial charge in [-0.3, -0.25) is 4.68 Å². The van der Waals surface area contributed by atoms with Gasteiger partial charge in [0.15, 0.2) is 0 Å². The average molecular weight is 196 g/mol. The normalized spacial score (nSPS) is 21.5. The van der Waals surface area contributed by atoms with Crippen molar-refractivity contribution >= 4 is 11.8 Å². The molecule has 1 fully saturated rings. The van der Waals surface area contributed by atoms with Gasteiger partial charge in [-0.05, 0) is 25.0 Å². The van der Waals surface area contributed by atoms with Crippen LogP contribution in [0.3, 0.4) is 0 Å². The Bertz CT molecular complexity index is 344. The van der Waals surface area contributed by atoms with E-state index >= 15 is 0 Å². The van der Waals surface area contributed by atoms with Gasteiger partial charge in [0.2, 0.25) is 5.88 Å². The third kappa shape index (κ3) is 1.15. The monoisotopic (exact) mass is 196 g/mol. The molecule has 1 aromatic rings. The molecule has 0 amide bonds. The zero-order chi connectivity index (χ0) is 8.84. The molecule has 1 aliphatic heterocycles. The van der Waals surface area contributed by atoms with Gasteiger partial charge in [0.25, 0.3) is 0 Å². The summed E-state index contributed by atoms with van der Waals surface area (Å²) in [5.41, 5.74) is 2.38. The highest BCUT2D eigenvalue weighted by molar-refractivity contribution is 7.98. The van der Waals surface area contributed by atoms with E-state index in [4.69, 9.17) is 0 Å². The van der Waals surface area contributed by atoms with Gasteiger partial charge in [-0.15, -0.1) is 5.10 Å². The summed E-state index contributed by atoms with van der Waals surface area (Å²) in [6.07, 6.45) is 3.55. The van der Waals surface area contributed by atoms with E-state index in [2.05, 4.69) is 9.78 Å². The maximum atomic E-state index is 9.61. The van der Waals surface area contributed by atoms with Crippen LogP contribution in [0.15, 0.2) is 0 Å². The van der Waals surface area contributed by atoms with Crippen LogP contribution < -0.4 is 0 Å². The van der Waals surface area contributed by atoms with Crippen molar-refractivity contribution in [1.29, 1.82) is 0 Å². The number of nitrogens with zero attached hydrogens (tertiary/aromatic N) is 2. The molecule has 0 atom stereocenters. The van der Waals surface area contributed by atoms with Crippen molar-refractivity contribution in [1.82, 2.24) is 9.78 Å². The molecule has 0 spiro atoms. The minimum atomic E-state index is 0.272. The van der Waals surface area contributed by atoms with Gasteiger partial charge in [0.05, 0.1) is 6.04 Å². The van der Waals surface area contributed by atoms with Crippen molar-refractivity contribution in [2.24, 2.45) is 0 Å². The minimum absolute atomic E-state index is 0.272. The van der Waals surface area contributed by atoms with Crippen LogP contribution in [0, 0.1) is 0 Å². The molecule has 1 saturated carbocycles. The Balaban J connectivity index is 2.09. The predicted octanol–water partition coefficient (Wildman–Crippen LogP) is 1.71. The molecule has 0 unspecified atom stereocenters. The lowest BCUT2D eigenvalue weighted by Crippen LogP contribution is -2.08. The van der Waals surface area contributed by atoms with E-state index in [1.54, 1.807) is 0 Å². The number of hydrogen-bond acceptors (Lipinski definition) is 3. The summed E-state index contributed by atoms with van der Waals surface area (Å²) < 4.78 is 2.06. The molecule has 0 bridgehead atoms. The van der Waals surface area contributed by atoms with E-state index in [9.17, 15) is 5.11 Å². The van der Waals surface area contributed by atoms with Crippen LogP contribution in [-0.2, 0) is 12.2 Å². The second-order valence-electron chi connectivity index (χ2n) is 3.73. The summed E-state index contributed by atoms with van der Waals surface area (Å²) in [5.74, 6) is 2.38. The average Bonchev–Trinajstić information content (AvgIpc) is 2.94. The lowest BCUT2D eigenvalue weighted by atomic mass is 10.2. The maximum absolute atomic E-state index is 9.61. The van der Waals surface area contributed by atoms with E-state index < -0.39 is 0 Å². The summed E-state index contributed by atoms with van der Waals surface area (Å²) in [6.45, 7) is 0. The number of rotatable bonds is 1. The molecule has 0 aromatic carbocycles. The molecule has 1 aromatic heterocycles. The summed E-state index contributed by atoms with van der Waals surface area (Å²) in [5, 5.41) is 13.8. The molecule has 13 heavy (non-hydrogen) atoms. The van der Waals surface area contributed by atoms with Gasteiger partial charge in [0.1, 0.15) is 0 Å². The number of hydrogen-bond donors (Lipinski definition) is 1. The summed E-state index contributed by atoms with van der Waals surface area (Å²) in [4.78, 5) is 0. The molecular weight excluding hydrogens is 184 g/mol. The van der Waals surface area contributed by atoms with Crippen LogP contribution in [0.2, 0.25) is 0 Å². The molecule has 70 valence electrons. The SMILES string of the molecule is Oc1nn(C2CC2)c2c1CSCC2. The third-order valence-corrected chi connectivity index (χ3v) is 3.71. The van der Waals surface area contributed by atoms with Crippen molar-refractivity contribution in [3.05, 3.63) is 11.3 Å². The second kappa shape index (κ2) is 2.67. The molecule has 1 N–H and O–H groups in total. The fourth-order valence-corrected chi connectivity index (χ4v) is 2.85. The Hall–Kier alpha value is -0.640. The quantitative estimate of drug-likeness (QED) is 0.743. The van der Waals surface area contributed by atoms with Crippen LogP contribution in [0.1, 0.15) is 30.1 Å². The lowest BCUT2D eigenvalue weighted by molar-refractivity contribution is 0.434. The molecular formula is C9H12N2OS. The molecule has 4 heteroatoms. The Labute approximate surface area is 81.1 Å². The largest absolute Gasteiger partial charge is 0.492 e. The summed E-state index contributed by atoms with van der Waals surface area (Å²) in [7, 11) is 0. The predicted molar refractivity (Wildman–Crippen MR) is 52.0 cm³/mol. The number of fused-ring (bicyclic) bond motifs is 1. The lowest BCUT2D eigenvalue weighted by Gasteiger charge is -2.12. The third-order valence-electron chi connectivity index (χ3n) is 2.72. The fourth-order valence-electron chi connectivity index (χ4n) is 1.87. The topological polar surface area (TPSA) is 38.1 Å². The maximum Gasteiger partial charge on any atom is 0.234 e. The first-order valence-corrected chi connectivity index (χ1v) is 5.88. The molecule has 2 heterocycles. The Morgan fingerprint density at radius 3 is 3.08 bits per heavy atom. The Kier molecular flexibility index (Phi) is 1.59. The Morgan fingerprint density at radius 2 is 2.31 bits per heavy atom. The Morgan fingerprint density at radius 1 is 1.46 bits per heavy atom. The smallest absolute Gasteiger partial charge is 0.234 e. The summed E-state index contributed by atoms with van der Waals surface area (Å²) >= 11 is 1.88. The summed E-state index contributed by atoms with van der Waals surface area (Å²) in [6, 6.07) is 0.595. The van der Waals surface area contributed by atoms with Crippen LogP contribution in [0.4, 0.5) is 0 Å². The molecule has 0 saturated heterocycles. The van der Waals surface area contributed by atoms with Crippen molar-refractivity contribution < 1.29 is 5.11 Å². The number of thioether (sulfide) groups is 1. The standard InChI is InChI=1S/C9H12N2OS/c12-9-7-5-13-4-3-8(7)11(10-9)6-1-2-6/h6H,1-5H2,(H,10,12). The first-order valence-electron chi connectivity index (χ1n) is 4.73. The van der Waals surface area contributed by atoms with E-state index in [1.165, 1.54) is 24.3 Å². The van der Waals surface area contributed by atoms with E-state index in [0.717, 1.165) is 17.7 Å². The van der Waals surface area contributed by atoms with Crippen molar-refractivity contribution in [2.75, 3.05) is 5.75 Å². The van der Waals surface area contributed by atoms with Crippen LogP contribution in [0.25, 0.3) is 0 Å². The van der Waals surface area contributed by atoms with Crippen molar-refractivity contribution in [2.45, 2.75) is 31.1 Å². The molecule has 2 aliphatic rings. The molecule has 1 aliphatic carbocycles. The molecule has 0 radical (unpaired) electrons. The highest BCUT2D eigenvalue weighted by atomic mass is 32.2. The van der Waals surface area contributed by atoms with Crippen molar-refractivity contribution in [3.8, 4) is 5.88 Å².